The molecule has 0 spiro atoms. The maximum Gasteiger partial charge on any atom is 0.416 e. The van der Waals surface area contributed by atoms with Crippen LogP contribution in [0.3, 0.4) is 0 Å². The molecule has 1 nitrogen and oxygen atoms in total. The second-order valence-corrected chi connectivity index (χ2v) is 3.72. The van der Waals surface area contributed by atoms with Gasteiger partial charge in [0.1, 0.15) is 0 Å². The molecule has 0 fully saturated rings. The molecule has 0 aliphatic rings. The lowest BCUT2D eigenvalue weighted by atomic mass is 10.1. The van der Waals surface area contributed by atoms with Crippen LogP contribution in [0.15, 0.2) is 24.3 Å². The van der Waals surface area contributed by atoms with Gasteiger partial charge >= 0.3 is 6.18 Å². The molecule has 0 aliphatic heterocycles. The fourth-order valence-electron chi connectivity index (χ4n) is 1.15. The molecule has 1 atom stereocenters. The van der Waals surface area contributed by atoms with Crippen LogP contribution in [-0.2, 0) is 17.5 Å². The Morgan fingerprint density at radius 1 is 1.19 bits per heavy atom. The highest BCUT2D eigenvalue weighted by Gasteiger charge is 2.29. The normalized spacial score (nSPS) is 13.8. The molecule has 0 heterocycles. The molecule has 1 aromatic carbocycles. The van der Waals surface area contributed by atoms with Crippen LogP contribution in [0.1, 0.15) is 31.4 Å². The van der Waals surface area contributed by atoms with Crippen LogP contribution in [0.25, 0.3) is 0 Å². The van der Waals surface area contributed by atoms with Crippen molar-refractivity contribution in [1.29, 1.82) is 0 Å². The number of hydrogen-bond donors (Lipinski definition) is 0. The van der Waals surface area contributed by atoms with Crippen molar-refractivity contribution >= 4 is 0 Å². The van der Waals surface area contributed by atoms with Crippen LogP contribution < -0.4 is 0 Å². The Morgan fingerprint density at radius 3 is 2.19 bits per heavy atom. The lowest BCUT2D eigenvalue weighted by Crippen LogP contribution is -2.07. The first-order valence-electron chi connectivity index (χ1n) is 5.21. The first kappa shape index (κ1) is 13.0. The molecule has 0 aliphatic carbocycles. The van der Waals surface area contributed by atoms with E-state index in [2.05, 4.69) is 0 Å². The lowest BCUT2D eigenvalue weighted by Gasteiger charge is -2.11. The zero-order valence-corrected chi connectivity index (χ0v) is 9.34. The van der Waals surface area contributed by atoms with Gasteiger partial charge in [0.05, 0.1) is 18.3 Å². The van der Waals surface area contributed by atoms with Gasteiger partial charge in [-0.3, -0.25) is 0 Å². The topological polar surface area (TPSA) is 9.23 Å². The first-order chi connectivity index (χ1) is 7.43. The van der Waals surface area contributed by atoms with E-state index in [1.54, 1.807) is 0 Å². The maximum atomic E-state index is 12.3. The zero-order valence-electron chi connectivity index (χ0n) is 9.34. The number of halogens is 3. The predicted octanol–water partition coefficient (Wildman–Crippen LogP) is 4.02. The number of hydrogen-bond acceptors (Lipinski definition) is 1. The van der Waals surface area contributed by atoms with Crippen LogP contribution in [0.4, 0.5) is 13.2 Å². The van der Waals surface area contributed by atoms with Gasteiger partial charge in [-0.05, 0) is 31.0 Å². The summed E-state index contributed by atoms with van der Waals surface area (Å²) in [6.45, 7) is 4.29. The Labute approximate surface area is 93.2 Å². The minimum absolute atomic E-state index is 0.127. The van der Waals surface area contributed by atoms with Gasteiger partial charge in [0.25, 0.3) is 0 Å². The van der Waals surface area contributed by atoms with Gasteiger partial charge in [0.2, 0.25) is 0 Å². The summed E-state index contributed by atoms with van der Waals surface area (Å²) in [4.78, 5) is 0. The number of alkyl halides is 3. The van der Waals surface area contributed by atoms with Gasteiger partial charge < -0.3 is 4.74 Å². The SMILES string of the molecule is CCC(C)OCc1ccc(C(F)(F)F)cc1. The van der Waals surface area contributed by atoms with Crippen molar-refractivity contribution in [2.45, 2.75) is 39.2 Å². The summed E-state index contributed by atoms with van der Waals surface area (Å²) in [5.74, 6) is 0. The molecule has 0 N–H and O–H groups in total. The van der Waals surface area contributed by atoms with Crippen LogP contribution in [0, 0.1) is 0 Å². The van der Waals surface area contributed by atoms with Crippen molar-refractivity contribution in [2.75, 3.05) is 0 Å². The van der Waals surface area contributed by atoms with E-state index in [9.17, 15) is 13.2 Å². The molecule has 0 amide bonds. The molecular weight excluding hydrogens is 217 g/mol. The third kappa shape index (κ3) is 3.85. The molecule has 0 saturated carbocycles. The van der Waals surface area contributed by atoms with Crippen molar-refractivity contribution in [3.05, 3.63) is 35.4 Å². The van der Waals surface area contributed by atoms with Gasteiger partial charge in [0.15, 0.2) is 0 Å². The van der Waals surface area contributed by atoms with E-state index in [-0.39, 0.29) is 6.10 Å². The summed E-state index contributed by atoms with van der Waals surface area (Å²) in [5, 5.41) is 0. The van der Waals surface area contributed by atoms with E-state index in [0.717, 1.165) is 24.1 Å². The molecule has 0 aromatic heterocycles. The minimum atomic E-state index is -4.27. The van der Waals surface area contributed by atoms with E-state index < -0.39 is 11.7 Å². The molecule has 0 saturated heterocycles. The predicted molar refractivity (Wildman–Crippen MR) is 56.0 cm³/mol. The van der Waals surface area contributed by atoms with Crippen molar-refractivity contribution in [3.63, 3.8) is 0 Å². The van der Waals surface area contributed by atoms with Gasteiger partial charge in [-0.2, -0.15) is 13.2 Å². The maximum absolute atomic E-state index is 12.3. The summed E-state index contributed by atoms with van der Waals surface area (Å²) in [5.41, 5.74) is 0.132. The fraction of sp³-hybridized carbons (Fsp3) is 0.500. The smallest absolute Gasteiger partial charge is 0.374 e. The summed E-state index contributed by atoms with van der Waals surface area (Å²) in [6.07, 6.45) is -3.25. The first-order valence-corrected chi connectivity index (χ1v) is 5.21. The molecule has 90 valence electrons. The zero-order chi connectivity index (χ0) is 12.2. The van der Waals surface area contributed by atoms with Crippen molar-refractivity contribution < 1.29 is 17.9 Å². The molecule has 0 bridgehead atoms. The minimum Gasteiger partial charge on any atom is -0.374 e. The highest BCUT2D eigenvalue weighted by Crippen LogP contribution is 2.29. The number of ether oxygens (including phenoxy) is 1. The van der Waals surface area contributed by atoms with Crippen molar-refractivity contribution in [2.24, 2.45) is 0 Å². The van der Waals surface area contributed by atoms with Crippen molar-refractivity contribution in [1.82, 2.24) is 0 Å². The Morgan fingerprint density at radius 2 is 1.75 bits per heavy atom. The molecule has 1 unspecified atom stereocenters. The monoisotopic (exact) mass is 232 g/mol. The molecule has 1 rings (SSSR count). The van der Waals surface area contributed by atoms with E-state index in [1.807, 2.05) is 13.8 Å². The summed E-state index contributed by atoms with van der Waals surface area (Å²) in [7, 11) is 0. The third-order valence-corrected chi connectivity index (χ3v) is 2.39. The standard InChI is InChI=1S/C12H15F3O/c1-3-9(2)16-8-10-4-6-11(7-5-10)12(13,14)15/h4-7,9H,3,8H2,1-2H3. The van der Waals surface area contributed by atoms with E-state index >= 15 is 0 Å². The second-order valence-electron chi connectivity index (χ2n) is 3.72. The van der Waals surface area contributed by atoms with Gasteiger partial charge in [-0.25, -0.2) is 0 Å². The average molecular weight is 232 g/mol. The van der Waals surface area contributed by atoms with Crippen LogP contribution in [0.5, 0.6) is 0 Å². The number of rotatable bonds is 4. The number of benzene rings is 1. The van der Waals surface area contributed by atoms with Crippen molar-refractivity contribution in [3.8, 4) is 0 Å². The lowest BCUT2D eigenvalue weighted by molar-refractivity contribution is -0.137. The van der Waals surface area contributed by atoms with Gasteiger partial charge in [0, 0.05) is 0 Å². The highest BCUT2D eigenvalue weighted by atomic mass is 19.4. The van der Waals surface area contributed by atoms with Crippen LogP contribution in [-0.4, -0.2) is 6.10 Å². The average Bonchev–Trinajstić information content (AvgIpc) is 2.25. The second kappa shape index (κ2) is 5.34. The summed E-state index contributed by atoms with van der Waals surface area (Å²) in [6, 6.07) is 5.06. The summed E-state index contributed by atoms with van der Waals surface area (Å²) < 4.78 is 42.2. The Balaban J connectivity index is 2.58. The van der Waals surface area contributed by atoms with Crippen LogP contribution in [0.2, 0.25) is 0 Å². The van der Waals surface area contributed by atoms with E-state index in [1.165, 1.54) is 12.1 Å². The van der Waals surface area contributed by atoms with Gasteiger partial charge in [-0.15, -0.1) is 0 Å². The Hall–Kier alpha value is -1.03. The molecule has 16 heavy (non-hydrogen) atoms. The third-order valence-electron chi connectivity index (χ3n) is 2.39. The Kier molecular flexibility index (Phi) is 4.35. The molecular formula is C12H15F3O. The molecule has 4 heteroatoms. The molecule has 0 radical (unpaired) electrons. The quantitative estimate of drug-likeness (QED) is 0.761. The molecule has 1 aromatic rings. The Bertz CT molecular complexity index is 316. The van der Waals surface area contributed by atoms with E-state index in [0.29, 0.717) is 6.61 Å². The van der Waals surface area contributed by atoms with E-state index in [4.69, 9.17) is 4.74 Å². The van der Waals surface area contributed by atoms with Crippen LogP contribution >= 0.6 is 0 Å². The fourth-order valence-corrected chi connectivity index (χ4v) is 1.15. The largest absolute Gasteiger partial charge is 0.416 e. The summed E-state index contributed by atoms with van der Waals surface area (Å²) >= 11 is 0. The van der Waals surface area contributed by atoms with Gasteiger partial charge in [-0.1, -0.05) is 19.1 Å². The highest BCUT2D eigenvalue weighted by molar-refractivity contribution is 5.24.